The number of benzene rings is 2. The van der Waals surface area contributed by atoms with Crippen LogP contribution in [-0.4, -0.2) is 29.7 Å². The number of hydrogen-bond donors (Lipinski definition) is 1. The molecule has 0 aliphatic carbocycles. The second kappa shape index (κ2) is 6.16. The van der Waals surface area contributed by atoms with E-state index in [1.165, 1.54) is 4.90 Å². The van der Waals surface area contributed by atoms with Crippen molar-refractivity contribution in [1.82, 2.24) is 10.2 Å². The lowest BCUT2D eigenvalue weighted by Gasteiger charge is -2.37. The van der Waals surface area contributed by atoms with Gasteiger partial charge in [0, 0.05) is 18.2 Å². The Bertz CT molecular complexity index is 853. The van der Waals surface area contributed by atoms with Crippen LogP contribution in [0.3, 0.4) is 0 Å². The maximum Gasteiger partial charge on any atom is 0.261 e. The van der Waals surface area contributed by atoms with Gasteiger partial charge in [-0.05, 0) is 43.2 Å². The van der Waals surface area contributed by atoms with Gasteiger partial charge in [-0.25, -0.2) is 0 Å². The topological polar surface area (TPSA) is 66.5 Å². The Balaban J connectivity index is 1.92. The number of hydrogen-bond acceptors (Lipinski definition) is 3. The Morgan fingerprint density at radius 2 is 1.68 bits per heavy atom. The molecule has 0 saturated carbocycles. The second-order valence-corrected chi connectivity index (χ2v) is 6.64. The summed E-state index contributed by atoms with van der Waals surface area (Å²) in [6.07, 6.45) is 0. The number of fused-ring (bicyclic) bond motifs is 1. The molecule has 1 heterocycles. The highest BCUT2D eigenvalue weighted by atomic mass is 16.2. The molecular weight excluding hydrogens is 316 g/mol. The van der Waals surface area contributed by atoms with Crippen LogP contribution in [0.2, 0.25) is 0 Å². The average Bonchev–Trinajstić information content (AvgIpc) is 2.64. The molecule has 2 aromatic rings. The molecule has 3 amide bonds. The number of carbonyl (C=O) groups is 3. The summed E-state index contributed by atoms with van der Waals surface area (Å²) < 4.78 is 0. The first kappa shape index (κ1) is 16.9. The van der Waals surface area contributed by atoms with Gasteiger partial charge in [0.25, 0.3) is 11.8 Å². The van der Waals surface area contributed by atoms with Crippen molar-refractivity contribution < 1.29 is 14.4 Å². The van der Waals surface area contributed by atoms with Crippen LogP contribution in [0.4, 0.5) is 0 Å². The summed E-state index contributed by atoms with van der Waals surface area (Å²) in [5.41, 5.74) is 1.90. The molecule has 0 atom stereocenters. The third kappa shape index (κ3) is 2.82. The zero-order valence-electron chi connectivity index (χ0n) is 14.5. The van der Waals surface area contributed by atoms with Crippen LogP contribution in [-0.2, 0) is 16.8 Å². The van der Waals surface area contributed by atoms with E-state index >= 15 is 0 Å². The van der Waals surface area contributed by atoms with Gasteiger partial charge in [0.2, 0.25) is 5.91 Å². The summed E-state index contributed by atoms with van der Waals surface area (Å²) in [6, 6.07) is 14.1. The monoisotopic (exact) mass is 336 g/mol. The fourth-order valence-corrected chi connectivity index (χ4v) is 3.14. The molecular formula is C20H20N2O3. The van der Waals surface area contributed by atoms with Crippen molar-refractivity contribution in [3.05, 3.63) is 70.8 Å². The summed E-state index contributed by atoms with van der Waals surface area (Å²) in [5, 5.41) is 2.56. The minimum absolute atomic E-state index is 0.174. The predicted molar refractivity (Wildman–Crippen MR) is 94.2 cm³/mol. The lowest BCUT2D eigenvalue weighted by molar-refractivity contribution is -0.134. The minimum atomic E-state index is -0.757. The molecule has 0 fully saturated rings. The van der Waals surface area contributed by atoms with E-state index in [9.17, 15) is 14.4 Å². The van der Waals surface area contributed by atoms with Crippen molar-refractivity contribution in [3.63, 3.8) is 0 Å². The zero-order chi connectivity index (χ0) is 18.2. The Hall–Kier alpha value is -2.95. The number of nitrogens with one attached hydrogen (secondary N) is 1. The van der Waals surface area contributed by atoms with Crippen LogP contribution in [0.1, 0.15) is 45.7 Å². The Morgan fingerprint density at radius 3 is 2.32 bits per heavy atom. The number of rotatable bonds is 3. The first-order valence-electron chi connectivity index (χ1n) is 8.13. The van der Waals surface area contributed by atoms with Crippen LogP contribution >= 0.6 is 0 Å². The van der Waals surface area contributed by atoms with E-state index in [1.807, 2.05) is 26.0 Å². The lowest BCUT2D eigenvalue weighted by atomic mass is 9.77. The molecule has 0 bridgehead atoms. The minimum Gasteiger partial charge on any atom is -0.355 e. The van der Waals surface area contributed by atoms with Crippen molar-refractivity contribution in [2.45, 2.75) is 25.8 Å². The molecule has 1 N–H and O–H groups in total. The fourth-order valence-electron chi connectivity index (χ4n) is 3.14. The van der Waals surface area contributed by atoms with Gasteiger partial charge < -0.3 is 5.32 Å². The quantitative estimate of drug-likeness (QED) is 0.876. The average molecular weight is 336 g/mol. The Labute approximate surface area is 146 Å². The number of nitrogens with zero attached hydrogens (tertiary/aromatic N) is 1. The Morgan fingerprint density at radius 1 is 1.04 bits per heavy atom. The summed E-state index contributed by atoms with van der Waals surface area (Å²) in [7, 11) is 1.57. The van der Waals surface area contributed by atoms with Crippen molar-refractivity contribution >= 4 is 17.7 Å². The van der Waals surface area contributed by atoms with Crippen LogP contribution in [0.15, 0.2) is 48.5 Å². The molecule has 2 aromatic carbocycles. The molecule has 1 aliphatic rings. The van der Waals surface area contributed by atoms with Gasteiger partial charge in [-0.15, -0.1) is 0 Å². The lowest BCUT2D eigenvalue weighted by Crippen LogP contribution is -2.51. The first-order valence-corrected chi connectivity index (χ1v) is 8.13. The summed E-state index contributed by atoms with van der Waals surface area (Å²) in [5.74, 6) is -0.673. The summed E-state index contributed by atoms with van der Waals surface area (Å²) >= 11 is 0. The van der Waals surface area contributed by atoms with Crippen molar-refractivity contribution in [1.29, 1.82) is 0 Å². The second-order valence-electron chi connectivity index (χ2n) is 6.64. The highest BCUT2D eigenvalue weighted by Gasteiger charge is 2.44. The third-order valence-corrected chi connectivity index (χ3v) is 4.64. The van der Waals surface area contributed by atoms with E-state index in [0.29, 0.717) is 11.1 Å². The standard InChI is InChI=1S/C20H20N2O3/c1-20(2)16-7-5-4-6-15(16)18(24)22(19(20)25)12-13-8-10-14(11-9-13)17(23)21-3/h4-11H,12H2,1-3H3,(H,21,23). The van der Waals surface area contributed by atoms with Crippen LogP contribution in [0, 0.1) is 0 Å². The van der Waals surface area contributed by atoms with Crippen LogP contribution in [0.5, 0.6) is 0 Å². The third-order valence-electron chi connectivity index (χ3n) is 4.64. The first-order chi connectivity index (χ1) is 11.9. The van der Waals surface area contributed by atoms with Gasteiger partial charge in [-0.3, -0.25) is 19.3 Å². The number of carbonyl (C=O) groups excluding carboxylic acids is 3. The smallest absolute Gasteiger partial charge is 0.261 e. The molecule has 3 rings (SSSR count). The maximum absolute atomic E-state index is 12.9. The molecule has 1 aliphatic heterocycles. The van der Waals surface area contributed by atoms with E-state index in [2.05, 4.69) is 5.32 Å². The molecule has 0 spiro atoms. The Kier molecular flexibility index (Phi) is 4.17. The number of imide groups is 1. The van der Waals surface area contributed by atoms with Crippen LogP contribution in [0.25, 0.3) is 0 Å². The molecule has 5 nitrogen and oxygen atoms in total. The highest BCUT2D eigenvalue weighted by Crippen LogP contribution is 2.34. The fraction of sp³-hybridized carbons (Fsp3) is 0.250. The molecule has 128 valence electrons. The normalized spacial score (nSPS) is 15.7. The van der Waals surface area contributed by atoms with Crippen LogP contribution < -0.4 is 5.32 Å². The molecule has 0 saturated heterocycles. The number of amides is 3. The molecule has 0 aromatic heterocycles. The van der Waals surface area contributed by atoms with Gasteiger partial charge in [0.1, 0.15) is 0 Å². The van der Waals surface area contributed by atoms with Crippen molar-refractivity contribution in [3.8, 4) is 0 Å². The SMILES string of the molecule is CNC(=O)c1ccc(CN2C(=O)c3ccccc3C(C)(C)C2=O)cc1. The summed E-state index contributed by atoms with van der Waals surface area (Å²) in [6.45, 7) is 3.86. The largest absolute Gasteiger partial charge is 0.355 e. The zero-order valence-corrected chi connectivity index (χ0v) is 14.5. The van der Waals surface area contributed by atoms with Crippen molar-refractivity contribution in [2.24, 2.45) is 0 Å². The van der Waals surface area contributed by atoms with E-state index in [0.717, 1.165) is 11.1 Å². The molecule has 5 heteroatoms. The highest BCUT2D eigenvalue weighted by molar-refractivity contribution is 6.12. The summed E-state index contributed by atoms with van der Waals surface area (Å²) in [4.78, 5) is 38.6. The maximum atomic E-state index is 12.9. The van der Waals surface area contributed by atoms with Gasteiger partial charge >= 0.3 is 0 Å². The predicted octanol–water partition coefficient (Wildman–Crippen LogP) is 2.51. The van der Waals surface area contributed by atoms with Gasteiger partial charge in [-0.2, -0.15) is 0 Å². The molecule has 25 heavy (non-hydrogen) atoms. The van der Waals surface area contributed by atoms with Crippen molar-refractivity contribution in [2.75, 3.05) is 7.05 Å². The van der Waals surface area contributed by atoms with Gasteiger partial charge in [0.15, 0.2) is 0 Å². The molecule has 0 radical (unpaired) electrons. The van der Waals surface area contributed by atoms with E-state index in [1.54, 1.807) is 43.4 Å². The van der Waals surface area contributed by atoms with E-state index < -0.39 is 5.41 Å². The molecule has 0 unspecified atom stereocenters. The van der Waals surface area contributed by atoms with Gasteiger partial charge in [-0.1, -0.05) is 30.3 Å². The van der Waals surface area contributed by atoms with Gasteiger partial charge in [0.05, 0.1) is 12.0 Å². The van der Waals surface area contributed by atoms with E-state index in [4.69, 9.17) is 0 Å². The van der Waals surface area contributed by atoms with E-state index in [-0.39, 0.29) is 24.3 Å².